The standard InChI is InChI=1S/C18H28N10O7P2S2/c1-30-36(38)32-5-3-28-10(6-12-14(20)22-9-23-16(12)28)7-33-37(39,34-11-2-4-31-8-11)27-35-26-15-13(19)17(29)25-18(21)24-15/h6,9,11,38-39H,2-5,7-8,19H2,1H3,(H2,20,22,23)(H4,21,24,25,26,29). The van der Waals surface area contributed by atoms with E-state index < -0.39 is 19.8 Å². The van der Waals surface area contributed by atoms with Crippen LogP contribution in [-0.2, 0) is 40.9 Å². The number of nitrogens with zero attached hydrogens (tertiary/aromatic N) is 5. The van der Waals surface area contributed by atoms with E-state index in [-0.39, 0.29) is 36.8 Å². The number of fused-ring (bicyclic) bond motifs is 1. The van der Waals surface area contributed by atoms with Gasteiger partial charge in [0.05, 0.1) is 31.3 Å². The van der Waals surface area contributed by atoms with Crippen molar-refractivity contribution in [3.8, 4) is 0 Å². The van der Waals surface area contributed by atoms with E-state index in [0.717, 1.165) is 0 Å². The van der Waals surface area contributed by atoms with Crippen molar-refractivity contribution >= 4 is 73.1 Å². The van der Waals surface area contributed by atoms with Crippen LogP contribution in [0.3, 0.4) is 0 Å². The Hall–Kier alpha value is -2.18. The molecule has 4 heterocycles. The van der Waals surface area contributed by atoms with Gasteiger partial charge >= 0.3 is 6.71 Å². The number of ether oxygens (including phenoxy) is 1. The minimum Gasteiger partial charge on any atom is -0.391 e. The molecule has 0 radical (unpaired) electrons. The maximum atomic E-state index is 11.8. The van der Waals surface area contributed by atoms with Crippen molar-refractivity contribution in [3.63, 3.8) is 0 Å². The van der Waals surface area contributed by atoms with Crippen molar-refractivity contribution < 1.29 is 27.8 Å². The van der Waals surface area contributed by atoms with Crippen LogP contribution in [0.15, 0.2) is 22.1 Å². The van der Waals surface area contributed by atoms with Gasteiger partial charge in [0, 0.05) is 26.0 Å². The lowest BCUT2D eigenvalue weighted by Crippen LogP contribution is -2.18. The van der Waals surface area contributed by atoms with E-state index in [2.05, 4.69) is 54.8 Å². The summed E-state index contributed by atoms with van der Waals surface area (Å²) in [5, 5.41) is 0.632. The van der Waals surface area contributed by atoms with E-state index in [1.165, 1.54) is 13.4 Å². The van der Waals surface area contributed by atoms with Gasteiger partial charge in [-0.15, -0.1) is 4.94 Å². The van der Waals surface area contributed by atoms with E-state index in [1.54, 1.807) is 6.07 Å². The number of aromatic nitrogens is 5. The van der Waals surface area contributed by atoms with Crippen LogP contribution in [0.25, 0.3) is 11.0 Å². The Morgan fingerprint density at radius 1 is 1.38 bits per heavy atom. The number of hydrogen-bond donors (Lipinski definition) is 7. The molecule has 3 aromatic heterocycles. The van der Waals surface area contributed by atoms with Crippen LogP contribution in [0, 0.1) is 0 Å². The van der Waals surface area contributed by atoms with Crippen molar-refractivity contribution in [3.05, 3.63) is 28.4 Å². The second-order valence-electron chi connectivity index (χ2n) is 7.88. The summed E-state index contributed by atoms with van der Waals surface area (Å²) in [6.45, 7) is -1.85. The monoisotopic (exact) mass is 622 g/mol. The van der Waals surface area contributed by atoms with Crippen molar-refractivity contribution in [2.75, 3.05) is 49.6 Å². The van der Waals surface area contributed by atoms with Gasteiger partial charge in [0.25, 0.3) is 5.56 Å². The maximum absolute atomic E-state index is 11.8. The molecule has 0 bridgehead atoms. The van der Waals surface area contributed by atoms with E-state index in [9.17, 15) is 4.79 Å². The maximum Gasteiger partial charge on any atom is 0.300 e. The van der Waals surface area contributed by atoms with Gasteiger partial charge in [-0.2, -0.15) is 4.98 Å². The number of H-pyrrole nitrogens is 1. The fourth-order valence-corrected chi connectivity index (χ4v) is 5.89. The first-order valence-electron chi connectivity index (χ1n) is 11.3. The second kappa shape index (κ2) is 13.5. The fraction of sp³-hybridized carbons (Fsp3) is 0.444. The number of aromatic amines is 1. The lowest BCUT2D eigenvalue weighted by Gasteiger charge is -2.22. The van der Waals surface area contributed by atoms with Crippen LogP contribution in [0.4, 0.5) is 23.3 Å². The summed E-state index contributed by atoms with van der Waals surface area (Å²) in [4.78, 5) is 35.6. The fourth-order valence-electron chi connectivity index (χ4n) is 3.47. The van der Waals surface area contributed by atoms with E-state index in [0.29, 0.717) is 48.7 Å². The molecule has 1 saturated heterocycles. The zero-order chi connectivity index (χ0) is 28.0. The van der Waals surface area contributed by atoms with Crippen LogP contribution < -0.4 is 28.2 Å². The second-order valence-corrected chi connectivity index (χ2v) is 13.1. The molecule has 3 unspecified atom stereocenters. The van der Waals surface area contributed by atoms with Crippen LogP contribution in [0.5, 0.6) is 0 Å². The molecular weight excluding hydrogens is 594 g/mol. The largest absolute Gasteiger partial charge is 0.391 e. The van der Waals surface area contributed by atoms with Gasteiger partial charge in [0.2, 0.25) is 13.5 Å². The van der Waals surface area contributed by atoms with Crippen molar-refractivity contribution in [2.24, 2.45) is 4.91 Å². The van der Waals surface area contributed by atoms with Gasteiger partial charge in [0.15, 0.2) is 5.82 Å². The first-order chi connectivity index (χ1) is 18.7. The summed E-state index contributed by atoms with van der Waals surface area (Å²) in [6.07, 6.45) is 1.66. The number of nitrogens with two attached hydrogens (primary N) is 3. The Morgan fingerprint density at radius 2 is 2.21 bits per heavy atom. The molecule has 39 heavy (non-hydrogen) atoms. The van der Waals surface area contributed by atoms with E-state index in [4.69, 9.17) is 45.0 Å². The van der Waals surface area contributed by atoms with Gasteiger partial charge < -0.3 is 44.6 Å². The third kappa shape index (κ3) is 7.73. The molecule has 0 saturated carbocycles. The third-order valence-corrected chi connectivity index (χ3v) is 9.02. The van der Waals surface area contributed by atoms with Crippen LogP contribution in [0.2, 0.25) is 0 Å². The highest BCUT2D eigenvalue weighted by Crippen LogP contribution is 2.59. The zero-order valence-corrected chi connectivity index (χ0v) is 24.2. The van der Waals surface area contributed by atoms with Gasteiger partial charge in [-0.1, -0.05) is 29.4 Å². The normalized spacial score (nSPS) is 17.8. The highest BCUT2D eigenvalue weighted by Gasteiger charge is 2.28. The summed E-state index contributed by atoms with van der Waals surface area (Å²) in [5.74, 6) is -0.00330. The van der Waals surface area contributed by atoms with Crippen LogP contribution in [0.1, 0.15) is 12.1 Å². The van der Waals surface area contributed by atoms with E-state index >= 15 is 0 Å². The summed E-state index contributed by atoms with van der Waals surface area (Å²) in [6, 6.07) is 1.80. The molecule has 0 aliphatic carbocycles. The summed E-state index contributed by atoms with van der Waals surface area (Å²) in [7, 11) is 0.197. The molecule has 17 nitrogen and oxygen atoms in total. The van der Waals surface area contributed by atoms with Gasteiger partial charge in [0.1, 0.15) is 23.5 Å². The summed E-state index contributed by atoms with van der Waals surface area (Å²) in [5.41, 5.74) is 20.1. The minimum absolute atomic E-state index is 0.0221. The van der Waals surface area contributed by atoms with Crippen molar-refractivity contribution in [2.45, 2.75) is 25.7 Å². The molecule has 4 rings (SSSR count). The molecule has 21 heteroatoms. The number of thiol groups is 2. The topological polar surface area (TPSA) is 234 Å². The average Bonchev–Trinajstić information content (AvgIpc) is 3.54. The van der Waals surface area contributed by atoms with Crippen LogP contribution in [-0.4, -0.2) is 57.5 Å². The first-order valence-corrected chi connectivity index (χ1v) is 16.3. The number of nitrogens with one attached hydrogen (secondary N) is 2. The van der Waals surface area contributed by atoms with E-state index in [1.807, 2.05) is 4.57 Å². The number of anilines is 4. The Bertz CT molecular complexity index is 1400. The molecule has 3 atom stereocenters. The lowest BCUT2D eigenvalue weighted by molar-refractivity contribution is 0.122. The SMILES string of the molecule is COP(S)OCCn1c(COP(S)(=NONc2nc(N)[nH]c(=O)c2N)OC2CCOC2)cc2c(N)ncnc21. The molecular formula is C18H28N10O7P2S2. The number of rotatable bonds is 13. The predicted molar refractivity (Wildman–Crippen MR) is 153 cm³/mol. The first kappa shape index (κ1) is 29.8. The number of hydrogen-bond acceptors (Lipinski definition) is 16. The molecule has 0 spiro atoms. The minimum atomic E-state index is -3.35. The zero-order valence-electron chi connectivity index (χ0n) is 20.6. The average molecular weight is 623 g/mol. The smallest absolute Gasteiger partial charge is 0.300 e. The Morgan fingerprint density at radius 3 is 2.95 bits per heavy atom. The summed E-state index contributed by atoms with van der Waals surface area (Å²) >= 11 is 8.81. The molecule has 214 valence electrons. The third-order valence-electron chi connectivity index (χ3n) is 5.29. The number of nitrogen functional groups attached to an aromatic ring is 3. The molecule has 1 fully saturated rings. The highest BCUT2D eigenvalue weighted by molar-refractivity contribution is 8.45. The highest BCUT2D eigenvalue weighted by atomic mass is 32.7. The lowest BCUT2D eigenvalue weighted by atomic mass is 10.3. The quantitative estimate of drug-likeness (QED) is 0.0823. The molecule has 0 amide bonds. The van der Waals surface area contributed by atoms with Crippen molar-refractivity contribution in [1.82, 2.24) is 24.5 Å². The Labute approximate surface area is 233 Å². The molecule has 8 N–H and O–H groups in total. The molecule has 1 aliphatic rings. The van der Waals surface area contributed by atoms with Gasteiger partial charge in [-0.3, -0.25) is 9.78 Å². The predicted octanol–water partition coefficient (Wildman–Crippen LogP) is 2.24. The molecule has 0 aromatic carbocycles. The van der Waals surface area contributed by atoms with Gasteiger partial charge in [-0.05, 0) is 12.5 Å². The van der Waals surface area contributed by atoms with Crippen LogP contribution >= 0.6 is 38.8 Å². The Balaban J connectivity index is 1.56. The van der Waals surface area contributed by atoms with Gasteiger partial charge in [-0.25, -0.2) is 15.4 Å². The Kier molecular flexibility index (Phi) is 10.3. The molecule has 3 aromatic rings. The summed E-state index contributed by atoms with van der Waals surface area (Å²) < 4.78 is 30.0. The molecule has 1 aliphatic heterocycles. The van der Waals surface area contributed by atoms with Crippen molar-refractivity contribution in [1.29, 1.82) is 0 Å².